The molecule has 2 heterocycles. The van der Waals surface area contributed by atoms with Crippen molar-refractivity contribution in [1.29, 1.82) is 0 Å². The van der Waals surface area contributed by atoms with Crippen LogP contribution in [-0.2, 0) is 0 Å². The van der Waals surface area contributed by atoms with Gasteiger partial charge >= 0.3 is 6.03 Å². The second-order valence-electron chi connectivity index (χ2n) is 6.58. The normalized spacial score (nSPS) is 12.0. The van der Waals surface area contributed by atoms with Gasteiger partial charge in [-0.1, -0.05) is 32.0 Å². The summed E-state index contributed by atoms with van der Waals surface area (Å²) < 4.78 is 1.83. The minimum atomic E-state index is -0.172. The molecule has 28 heavy (non-hydrogen) atoms. The number of nitrogens with one attached hydrogen (secondary N) is 3. The Bertz CT molecular complexity index is 923. The van der Waals surface area contributed by atoms with Crippen LogP contribution >= 0.6 is 0 Å². The number of nitrogens with zero attached hydrogens (tertiary/aromatic N) is 4. The summed E-state index contributed by atoms with van der Waals surface area (Å²) in [6.45, 7) is 7.77. The van der Waals surface area contributed by atoms with Crippen LogP contribution in [0, 0.1) is 0 Å². The fraction of sp³-hybridized carbons (Fsp3) is 0.400. The predicted molar refractivity (Wildman–Crippen MR) is 111 cm³/mol. The van der Waals surface area contributed by atoms with E-state index in [1.807, 2.05) is 41.9 Å². The number of rotatable bonds is 8. The second-order valence-corrected chi connectivity index (χ2v) is 6.58. The predicted octanol–water partition coefficient (Wildman–Crippen LogP) is 3.06. The first-order valence-electron chi connectivity index (χ1n) is 9.70. The number of para-hydroxylation sites is 1. The van der Waals surface area contributed by atoms with Crippen LogP contribution in [0.25, 0.3) is 16.7 Å². The Balaban J connectivity index is 1.88. The molecule has 3 aromatic rings. The number of carbonyl (C=O) groups is 1. The minimum absolute atomic E-state index is 0.172. The molecule has 8 nitrogen and oxygen atoms in total. The third-order valence-electron chi connectivity index (χ3n) is 4.54. The van der Waals surface area contributed by atoms with E-state index < -0.39 is 0 Å². The highest BCUT2D eigenvalue weighted by atomic mass is 16.2. The lowest BCUT2D eigenvalue weighted by molar-refractivity contribution is 0.242. The summed E-state index contributed by atoms with van der Waals surface area (Å²) in [6, 6.07) is 9.76. The van der Waals surface area contributed by atoms with Crippen LogP contribution in [0.4, 0.5) is 10.6 Å². The monoisotopic (exact) mass is 381 g/mol. The molecule has 1 unspecified atom stereocenters. The van der Waals surface area contributed by atoms with E-state index in [-0.39, 0.29) is 11.9 Å². The molecule has 0 aliphatic carbocycles. The van der Waals surface area contributed by atoms with E-state index in [4.69, 9.17) is 9.97 Å². The molecule has 2 amide bonds. The lowest BCUT2D eigenvalue weighted by Crippen LogP contribution is -2.37. The maximum absolute atomic E-state index is 11.5. The Kier molecular flexibility index (Phi) is 6.41. The van der Waals surface area contributed by atoms with E-state index in [9.17, 15) is 4.79 Å². The first-order chi connectivity index (χ1) is 13.6. The summed E-state index contributed by atoms with van der Waals surface area (Å²) in [5.74, 6) is 1.75. The number of anilines is 1. The van der Waals surface area contributed by atoms with E-state index in [0.29, 0.717) is 19.6 Å². The first kappa shape index (κ1) is 19.6. The van der Waals surface area contributed by atoms with Gasteiger partial charge in [0.05, 0.1) is 17.3 Å². The number of hydrogen-bond donors (Lipinski definition) is 3. The van der Waals surface area contributed by atoms with E-state index in [2.05, 4.69) is 34.9 Å². The summed E-state index contributed by atoms with van der Waals surface area (Å²) in [5, 5.41) is 14.2. The van der Waals surface area contributed by atoms with Crippen molar-refractivity contribution in [3.8, 4) is 5.69 Å². The molecule has 0 bridgehead atoms. The molecule has 2 aromatic heterocycles. The molecule has 0 radical (unpaired) electrons. The van der Waals surface area contributed by atoms with Gasteiger partial charge in [0.15, 0.2) is 5.65 Å². The largest absolute Gasteiger partial charge is 0.368 e. The summed E-state index contributed by atoms with van der Waals surface area (Å²) in [5.41, 5.74) is 1.73. The number of carbonyl (C=O) groups excluding carboxylic acids is 1. The highest BCUT2D eigenvalue weighted by Crippen LogP contribution is 2.26. The van der Waals surface area contributed by atoms with Gasteiger partial charge in [0, 0.05) is 25.6 Å². The van der Waals surface area contributed by atoms with E-state index >= 15 is 0 Å². The molecular weight excluding hydrogens is 354 g/mol. The zero-order chi connectivity index (χ0) is 19.9. The Hall–Kier alpha value is -3.16. The molecule has 3 rings (SSSR count). The standard InChI is InChI=1S/C20H27N7O/c1-4-14(3)17-25-18(22-11-12-23-20(28)21-5-2)16-13-24-27(19(16)26-17)15-9-7-6-8-10-15/h6-10,13-14H,4-5,11-12H2,1-3H3,(H2,21,23,28)(H,22,25,26). The summed E-state index contributed by atoms with van der Waals surface area (Å²) in [6.07, 6.45) is 2.73. The van der Waals surface area contributed by atoms with Crippen LogP contribution in [0.15, 0.2) is 36.5 Å². The first-order valence-corrected chi connectivity index (χ1v) is 9.70. The lowest BCUT2D eigenvalue weighted by Gasteiger charge is -2.13. The molecule has 0 aliphatic rings. The van der Waals surface area contributed by atoms with Crippen molar-refractivity contribution in [2.45, 2.75) is 33.1 Å². The van der Waals surface area contributed by atoms with Crippen molar-refractivity contribution >= 4 is 22.9 Å². The average molecular weight is 381 g/mol. The van der Waals surface area contributed by atoms with Crippen molar-refractivity contribution in [1.82, 2.24) is 30.4 Å². The molecule has 0 saturated carbocycles. The van der Waals surface area contributed by atoms with Crippen LogP contribution in [0.2, 0.25) is 0 Å². The van der Waals surface area contributed by atoms with Gasteiger partial charge < -0.3 is 16.0 Å². The van der Waals surface area contributed by atoms with Crippen molar-refractivity contribution in [3.63, 3.8) is 0 Å². The number of urea groups is 1. The molecular formula is C20H27N7O. The van der Waals surface area contributed by atoms with Gasteiger partial charge in [-0.2, -0.15) is 5.10 Å². The van der Waals surface area contributed by atoms with Gasteiger partial charge in [-0.25, -0.2) is 19.4 Å². The topological polar surface area (TPSA) is 96.8 Å². The van der Waals surface area contributed by atoms with Gasteiger partial charge in [-0.3, -0.25) is 0 Å². The fourth-order valence-electron chi connectivity index (χ4n) is 2.80. The number of aromatic nitrogens is 4. The molecule has 8 heteroatoms. The summed E-state index contributed by atoms with van der Waals surface area (Å²) in [4.78, 5) is 21.0. The van der Waals surface area contributed by atoms with Crippen LogP contribution in [0.1, 0.15) is 38.9 Å². The Labute approximate surface area is 164 Å². The van der Waals surface area contributed by atoms with Crippen molar-refractivity contribution < 1.29 is 4.79 Å². The van der Waals surface area contributed by atoms with Gasteiger partial charge in [0.1, 0.15) is 11.6 Å². The third kappa shape index (κ3) is 4.39. The quantitative estimate of drug-likeness (QED) is 0.521. The second kappa shape index (κ2) is 9.16. The highest BCUT2D eigenvalue weighted by molar-refractivity contribution is 5.87. The van der Waals surface area contributed by atoms with Crippen LogP contribution in [0.3, 0.4) is 0 Å². The molecule has 148 valence electrons. The number of amides is 2. The molecule has 1 aromatic carbocycles. The molecule has 0 fully saturated rings. The maximum Gasteiger partial charge on any atom is 0.314 e. The smallest absolute Gasteiger partial charge is 0.314 e. The fourth-order valence-corrected chi connectivity index (χ4v) is 2.80. The van der Waals surface area contributed by atoms with Crippen molar-refractivity contribution in [3.05, 3.63) is 42.4 Å². The van der Waals surface area contributed by atoms with Crippen LogP contribution in [-0.4, -0.2) is 45.4 Å². The van der Waals surface area contributed by atoms with E-state index in [1.54, 1.807) is 6.20 Å². The third-order valence-corrected chi connectivity index (χ3v) is 4.54. The minimum Gasteiger partial charge on any atom is -0.368 e. The maximum atomic E-state index is 11.5. The SMILES string of the molecule is CCNC(=O)NCCNc1nc(C(C)CC)nc2c1cnn2-c1ccccc1. The van der Waals surface area contributed by atoms with Crippen LogP contribution < -0.4 is 16.0 Å². The number of fused-ring (bicyclic) bond motifs is 1. The molecule has 1 atom stereocenters. The Morgan fingerprint density at radius 3 is 2.61 bits per heavy atom. The molecule has 0 spiro atoms. The highest BCUT2D eigenvalue weighted by Gasteiger charge is 2.16. The lowest BCUT2D eigenvalue weighted by atomic mass is 10.1. The summed E-state index contributed by atoms with van der Waals surface area (Å²) in [7, 11) is 0. The average Bonchev–Trinajstić information content (AvgIpc) is 3.15. The number of benzene rings is 1. The molecule has 3 N–H and O–H groups in total. The molecule has 0 aliphatic heterocycles. The van der Waals surface area contributed by atoms with Crippen molar-refractivity contribution in [2.24, 2.45) is 0 Å². The Morgan fingerprint density at radius 1 is 1.11 bits per heavy atom. The summed E-state index contributed by atoms with van der Waals surface area (Å²) >= 11 is 0. The molecule has 0 saturated heterocycles. The van der Waals surface area contributed by atoms with Gasteiger partial charge in [0.2, 0.25) is 0 Å². The Morgan fingerprint density at radius 2 is 1.89 bits per heavy atom. The van der Waals surface area contributed by atoms with Gasteiger partial charge in [-0.15, -0.1) is 0 Å². The van der Waals surface area contributed by atoms with E-state index in [1.165, 1.54) is 0 Å². The zero-order valence-electron chi connectivity index (χ0n) is 16.6. The van der Waals surface area contributed by atoms with Crippen LogP contribution in [0.5, 0.6) is 0 Å². The number of hydrogen-bond acceptors (Lipinski definition) is 5. The van der Waals surface area contributed by atoms with E-state index in [0.717, 1.165) is 34.8 Å². The van der Waals surface area contributed by atoms with Gasteiger partial charge in [0.25, 0.3) is 0 Å². The van der Waals surface area contributed by atoms with Gasteiger partial charge in [-0.05, 0) is 25.5 Å². The van der Waals surface area contributed by atoms with Crippen molar-refractivity contribution in [2.75, 3.05) is 25.0 Å². The zero-order valence-corrected chi connectivity index (χ0v) is 16.6.